The summed E-state index contributed by atoms with van der Waals surface area (Å²) in [6, 6.07) is 26.1. The topological polar surface area (TPSA) is 214 Å². The van der Waals surface area contributed by atoms with Gasteiger partial charge in [0.2, 0.25) is 5.78 Å². The lowest BCUT2D eigenvalue weighted by atomic mass is 9.82. The van der Waals surface area contributed by atoms with E-state index in [-0.39, 0.29) is 81.7 Å². The number of carbonyl (C=O) groups is 6. The van der Waals surface area contributed by atoms with Crippen LogP contribution in [0.2, 0.25) is 0 Å². The van der Waals surface area contributed by atoms with Gasteiger partial charge in [-0.15, -0.1) is 0 Å². The molecule has 0 aromatic heterocycles. The average Bonchev–Trinajstić information content (AvgIpc) is 3.28. The Bertz CT molecular complexity index is 2780. The number of aromatic hydroxyl groups is 2. The van der Waals surface area contributed by atoms with Crippen LogP contribution in [0.5, 0.6) is 11.5 Å². The minimum atomic E-state index is -0.764. The largest absolute Gasteiger partial charge is 0.507 e. The minimum absolute atomic E-state index is 0.00849. The second-order valence-corrected chi connectivity index (χ2v) is 18.1. The van der Waals surface area contributed by atoms with E-state index in [9.17, 15) is 39.0 Å². The van der Waals surface area contributed by atoms with E-state index in [4.69, 9.17) is 9.47 Å². The van der Waals surface area contributed by atoms with Crippen LogP contribution < -0.4 is 21.3 Å². The zero-order valence-corrected chi connectivity index (χ0v) is 39.9. The van der Waals surface area contributed by atoms with Gasteiger partial charge in [0, 0.05) is 50.1 Å². The number of anilines is 2. The Morgan fingerprint density at radius 2 is 0.954 bits per heavy atom. The molecule has 0 spiro atoms. The lowest BCUT2D eigenvalue weighted by Crippen LogP contribution is -2.72. The van der Waals surface area contributed by atoms with Crippen molar-refractivity contribution in [2.45, 2.75) is 12.8 Å². The molecule has 18 heteroatoms. The predicted octanol–water partition coefficient (Wildman–Crippen LogP) is 9.16. The summed E-state index contributed by atoms with van der Waals surface area (Å²) in [6.07, 6.45) is -0.849. The van der Waals surface area contributed by atoms with Crippen molar-refractivity contribution >= 4 is 122 Å². The highest BCUT2D eigenvalue weighted by Crippen LogP contribution is 2.42. The van der Waals surface area contributed by atoms with Gasteiger partial charge in [0.25, 0.3) is 0 Å². The first-order valence-electron chi connectivity index (χ1n) is 19.7. The number of alkyl carbamates (subject to hydrolysis) is 2. The van der Waals surface area contributed by atoms with Gasteiger partial charge in [-0.25, -0.2) is 9.59 Å². The molecule has 0 fully saturated rings. The fourth-order valence-electron chi connectivity index (χ4n) is 7.57. The summed E-state index contributed by atoms with van der Waals surface area (Å²) in [5.41, 5.74) is 4.71. The number of rotatable bonds is 12. The summed E-state index contributed by atoms with van der Waals surface area (Å²) >= 11 is 14.3. The van der Waals surface area contributed by atoms with E-state index in [0.717, 1.165) is 11.1 Å². The average molecular weight is 1130 g/mol. The molecule has 65 heavy (non-hydrogen) atoms. The Morgan fingerprint density at radius 3 is 1.45 bits per heavy atom. The Labute approximate surface area is 403 Å². The molecule has 0 heterocycles. The van der Waals surface area contributed by atoms with Crippen molar-refractivity contribution in [1.82, 2.24) is 10.6 Å². The van der Waals surface area contributed by atoms with E-state index in [1.807, 2.05) is 24.3 Å². The Balaban J connectivity index is 0.786. The molecule has 0 bridgehead atoms. The van der Waals surface area contributed by atoms with E-state index in [1.54, 1.807) is 59.9 Å². The van der Waals surface area contributed by atoms with Gasteiger partial charge in [-0.1, -0.05) is 48.5 Å². The minimum Gasteiger partial charge on any atom is -0.507 e. The Hall–Kier alpha value is -6.18. The standard InChI is InChI=1S/C47H32Br4N4O10/c48-28-17-22(18-29(49)40(28)54-32-9-11-34(56)38-36(32)42(58)24-5-1-3-7-26(24)44(38)60)13-15-64-46(62)52-21-53-47(63)65-16-14-23-19-30(50)41(31(51)20-23)55-33-10-12-35(57)39-37(33)43(59)25-6-2-4-8-27(25)45(39)61/h1-12,17-20,54-57H,13-16,21H2,(H,52,62)(H,53,63)/p+1. The highest BCUT2D eigenvalue weighted by Gasteiger charge is 2.37. The molecule has 0 unspecified atom stereocenters. The quantitative estimate of drug-likeness (QED) is 0.0386. The fraction of sp³-hybridized carbons (Fsp3) is 0.106. The lowest BCUT2D eigenvalue weighted by Gasteiger charge is -2.22. The number of nitrogens with one attached hydrogen (secondary N) is 3. The van der Waals surface area contributed by atoms with E-state index in [0.29, 0.717) is 53.5 Å². The van der Waals surface area contributed by atoms with Gasteiger partial charge in [0.05, 0.1) is 62.5 Å². The normalized spacial score (nSPS) is 12.4. The molecule has 0 saturated carbocycles. The molecular formula is C47H33Br4N4O10+. The number of ether oxygens (including phenoxy) is 2. The van der Waals surface area contributed by atoms with Crippen LogP contribution in [0.3, 0.4) is 0 Å². The molecule has 0 aliphatic heterocycles. The molecule has 0 saturated heterocycles. The van der Waals surface area contributed by atoms with E-state index in [2.05, 4.69) is 79.7 Å². The molecular weight excluding hydrogens is 1100 g/mol. The number of amides is 2. The molecule has 8 rings (SSSR count). The van der Waals surface area contributed by atoms with Gasteiger partial charge in [-0.2, -0.15) is 0 Å². The number of nitrogens with two attached hydrogens (primary N) is 1. The molecule has 6 aromatic rings. The number of hydrogen-bond acceptors (Lipinski definition) is 11. The van der Waals surface area contributed by atoms with E-state index >= 15 is 0 Å². The smallest absolute Gasteiger partial charge is 0.408 e. The van der Waals surface area contributed by atoms with Crippen molar-refractivity contribution in [1.29, 1.82) is 0 Å². The summed E-state index contributed by atoms with van der Waals surface area (Å²) in [5, 5.41) is 31.0. The maximum atomic E-state index is 13.5. The number of carbonyl (C=O) groups excluding carboxylic acids is 6. The second kappa shape index (κ2) is 19.1. The molecule has 2 aliphatic rings. The van der Waals surface area contributed by atoms with Crippen LogP contribution in [-0.2, 0) is 22.3 Å². The molecule has 6 aromatic carbocycles. The summed E-state index contributed by atoms with van der Waals surface area (Å²) in [7, 11) is 0. The number of halogens is 4. The second-order valence-electron chi connectivity index (χ2n) is 14.7. The number of hydrogen-bond donors (Lipinski definition) is 6. The molecule has 0 atom stereocenters. The van der Waals surface area contributed by atoms with Gasteiger partial charge < -0.3 is 35.6 Å². The van der Waals surface area contributed by atoms with Gasteiger partial charge in [-0.05, 0) is 117 Å². The van der Waals surface area contributed by atoms with Crippen molar-refractivity contribution in [3.8, 4) is 11.5 Å². The number of phenolic OH excluding ortho intramolecular Hbond substituents is 2. The van der Waals surface area contributed by atoms with Crippen molar-refractivity contribution in [2.24, 2.45) is 0 Å². The van der Waals surface area contributed by atoms with Crippen LogP contribution in [0, 0.1) is 0 Å². The summed E-state index contributed by atoms with van der Waals surface area (Å²) in [5.74, 6) is -2.18. The highest BCUT2D eigenvalue weighted by molar-refractivity contribution is 9.11. The fourth-order valence-corrected chi connectivity index (χ4v) is 10.6. The first-order chi connectivity index (χ1) is 31.2. The third-order valence-electron chi connectivity index (χ3n) is 10.7. The number of quaternary nitrogens is 1. The molecule has 7 N–H and O–H groups in total. The third kappa shape index (κ3) is 9.22. The van der Waals surface area contributed by atoms with Crippen molar-refractivity contribution < 1.29 is 53.8 Å². The number of phenols is 2. The molecule has 328 valence electrons. The van der Waals surface area contributed by atoms with Gasteiger partial charge in [-0.3, -0.25) is 24.5 Å². The van der Waals surface area contributed by atoms with Crippen LogP contribution >= 0.6 is 63.7 Å². The van der Waals surface area contributed by atoms with Crippen LogP contribution in [0.1, 0.15) is 74.8 Å². The zero-order valence-electron chi connectivity index (χ0n) is 33.5. The summed E-state index contributed by atoms with van der Waals surface area (Å²) in [4.78, 5) is 78.3. The maximum Gasteiger partial charge on any atom is 0.408 e. The van der Waals surface area contributed by atoms with Crippen molar-refractivity contribution in [3.05, 3.63) is 171 Å². The van der Waals surface area contributed by atoms with Crippen molar-refractivity contribution in [2.75, 3.05) is 25.2 Å². The van der Waals surface area contributed by atoms with Crippen LogP contribution in [0.15, 0.2) is 115 Å². The monoisotopic (exact) mass is 1130 g/mol. The van der Waals surface area contributed by atoms with E-state index in [1.165, 1.54) is 18.2 Å². The highest BCUT2D eigenvalue weighted by atomic mass is 79.9. The third-order valence-corrected chi connectivity index (χ3v) is 13.2. The Kier molecular flexibility index (Phi) is 13.3. The van der Waals surface area contributed by atoms with Crippen molar-refractivity contribution in [3.63, 3.8) is 0 Å². The summed E-state index contributed by atoms with van der Waals surface area (Å²) in [6.45, 7) is -0.227. The number of fused-ring (bicyclic) bond motifs is 4. The SMILES string of the molecule is O=C(NCNC(=O)OCCc1cc(Br)c([NH2+]c2ccc(O)c3c2C(=O)c2ccccc2C3=O)c(Br)c1)OCCc1cc(Br)c(Nc2ccc(O)c3c2C(=O)c2ccccc2C3=O)c(Br)c1. The van der Waals surface area contributed by atoms with Gasteiger partial charge >= 0.3 is 12.2 Å². The zero-order chi connectivity index (χ0) is 46.1. The van der Waals surface area contributed by atoms with Crippen LogP contribution in [0.25, 0.3) is 0 Å². The first kappa shape index (κ1) is 45.4. The summed E-state index contributed by atoms with van der Waals surface area (Å²) < 4.78 is 13.1. The van der Waals surface area contributed by atoms with Crippen LogP contribution in [0.4, 0.5) is 32.3 Å². The Morgan fingerprint density at radius 1 is 0.538 bits per heavy atom. The maximum absolute atomic E-state index is 13.5. The van der Waals surface area contributed by atoms with Gasteiger partial charge in [0.1, 0.15) is 17.2 Å². The molecule has 0 radical (unpaired) electrons. The van der Waals surface area contributed by atoms with E-state index < -0.39 is 29.5 Å². The van der Waals surface area contributed by atoms with Crippen LogP contribution in [-0.4, -0.2) is 65.4 Å². The molecule has 14 nitrogen and oxygen atoms in total. The first-order valence-corrected chi connectivity index (χ1v) is 22.9. The predicted molar refractivity (Wildman–Crippen MR) is 252 cm³/mol. The number of benzene rings is 6. The molecule has 2 aliphatic carbocycles. The lowest BCUT2D eigenvalue weighted by molar-refractivity contribution is -0.480. The van der Waals surface area contributed by atoms with Gasteiger partial charge in [0.15, 0.2) is 23.0 Å². The number of ketones is 4. The molecule has 2 amide bonds.